The van der Waals surface area contributed by atoms with Crippen LogP contribution in [0.5, 0.6) is 5.75 Å². The summed E-state index contributed by atoms with van der Waals surface area (Å²) in [5.41, 5.74) is 1.37. The van der Waals surface area contributed by atoms with Gasteiger partial charge in [-0.25, -0.2) is 4.98 Å². The second kappa shape index (κ2) is 5.66. The summed E-state index contributed by atoms with van der Waals surface area (Å²) in [4.78, 5) is 4.36. The van der Waals surface area contributed by atoms with Gasteiger partial charge in [-0.15, -0.1) is 0 Å². The van der Waals surface area contributed by atoms with Crippen LogP contribution in [0.2, 0.25) is 0 Å². The molecule has 3 nitrogen and oxygen atoms in total. The van der Waals surface area contributed by atoms with Crippen LogP contribution < -0.4 is 4.74 Å². The fourth-order valence-corrected chi connectivity index (χ4v) is 2.68. The minimum Gasteiger partial charge on any atom is -0.487 e. The normalized spacial score (nSPS) is 18.1. The van der Waals surface area contributed by atoms with E-state index in [1.807, 2.05) is 6.33 Å². The zero-order chi connectivity index (χ0) is 15.7. The molecule has 0 amide bonds. The number of ether oxygens (including phenoxy) is 1. The Bertz CT molecular complexity index is 646. The summed E-state index contributed by atoms with van der Waals surface area (Å²) in [5.74, 6) is 1.03. The third kappa shape index (κ3) is 3.10. The minimum absolute atomic E-state index is 0.278. The Morgan fingerprint density at radius 3 is 2.68 bits per heavy atom. The predicted octanol–water partition coefficient (Wildman–Crippen LogP) is 4.06. The SMILES string of the molecule is CC1CCn2cnc(COc3ccc(C(F)(F)F)cc3)c2C1. The molecule has 2 heterocycles. The van der Waals surface area contributed by atoms with Crippen LogP contribution >= 0.6 is 0 Å². The van der Waals surface area contributed by atoms with Gasteiger partial charge in [0.25, 0.3) is 0 Å². The van der Waals surface area contributed by atoms with Crippen molar-refractivity contribution < 1.29 is 17.9 Å². The first-order valence-electron chi connectivity index (χ1n) is 7.26. The highest BCUT2D eigenvalue weighted by molar-refractivity contribution is 5.29. The lowest BCUT2D eigenvalue weighted by Crippen LogP contribution is -2.17. The molecule has 2 aromatic rings. The van der Waals surface area contributed by atoms with Gasteiger partial charge in [0, 0.05) is 12.2 Å². The van der Waals surface area contributed by atoms with Crippen LogP contribution in [0.3, 0.4) is 0 Å². The van der Waals surface area contributed by atoms with Crippen molar-refractivity contribution in [2.24, 2.45) is 5.92 Å². The summed E-state index contributed by atoms with van der Waals surface area (Å²) in [6.45, 7) is 3.45. The van der Waals surface area contributed by atoms with Crippen molar-refractivity contribution in [2.75, 3.05) is 0 Å². The molecule has 0 saturated carbocycles. The second-order valence-electron chi connectivity index (χ2n) is 5.74. The van der Waals surface area contributed by atoms with E-state index in [9.17, 15) is 13.2 Å². The Hall–Kier alpha value is -1.98. The minimum atomic E-state index is -4.32. The summed E-state index contributed by atoms with van der Waals surface area (Å²) in [7, 11) is 0. The maximum Gasteiger partial charge on any atom is 0.416 e. The highest BCUT2D eigenvalue weighted by atomic mass is 19.4. The Morgan fingerprint density at radius 2 is 2.00 bits per heavy atom. The van der Waals surface area contributed by atoms with Gasteiger partial charge in [-0.3, -0.25) is 0 Å². The monoisotopic (exact) mass is 310 g/mol. The summed E-state index contributed by atoms with van der Waals surface area (Å²) in [6.07, 6.45) is -0.404. The Labute approximate surface area is 126 Å². The van der Waals surface area contributed by atoms with Crippen molar-refractivity contribution >= 4 is 0 Å². The lowest BCUT2D eigenvalue weighted by atomic mass is 9.97. The molecule has 0 spiro atoms. The van der Waals surface area contributed by atoms with Crippen LogP contribution in [0.25, 0.3) is 0 Å². The first-order chi connectivity index (χ1) is 10.4. The molecule has 1 unspecified atom stereocenters. The molecular formula is C16H17F3N2O. The lowest BCUT2D eigenvalue weighted by molar-refractivity contribution is -0.137. The average molecular weight is 310 g/mol. The van der Waals surface area contributed by atoms with Gasteiger partial charge in [0.1, 0.15) is 12.4 Å². The Morgan fingerprint density at radius 1 is 1.27 bits per heavy atom. The van der Waals surface area contributed by atoms with Gasteiger partial charge in [0.15, 0.2) is 0 Å². The Kier molecular flexibility index (Phi) is 3.85. The van der Waals surface area contributed by atoms with Crippen molar-refractivity contribution in [1.29, 1.82) is 0 Å². The molecule has 118 valence electrons. The van der Waals surface area contributed by atoms with Crippen LogP contribution in [0, 0.1) is 5.92 Å². The summed E-state index contributed by atoms with van der Waals surface area (Å²) in [5, 5.41) is 0. The smallest absolute Gasteiger partial charge is 0.416 e. The van der Waals surface area contributed by atoms with Gasteiger partial charge in [-0.05, 0) is 43.0 Å². The first-order valence-corrected chi connectivity index (χ1v) is 7.26. The molecule has 1 aromatic carbocycles. The standard InChI is InChI=1S/C16H17F3N2O/c1-11-6-7-21-10-20-14(15(21)8-11)9-22-13-4-2-12(3-5-13)16(17,18)19/h2-5,10-11H,6-9H2,1H3. The zero-order valence-corrected chi connectivity index (χ0v) is 12.2. The maximum absolute atomic E-state index is 12.5. The van der Waals surface area contributed by atoms with Gasteiger partial charge >= 0.3 is 6.18 Å². The van der Waals surface area contributed by atoms with E-state index in [1.54, 1.807) is 0 Å². The van der Waals surface area contributed by atoms with Crippen LogP contribution in [0.4, 0.5) is 13.2 Å². The van der Waals surface area contributed by atoms with E-state index in [-0.39, 0.29) is 6.61 Å². The van der Waals surface area contributed by atoms with E-state index >= 15 is 0 Å². The predicted molar refractivity (Wildman–Crippen MR) is 75.5 cm³/mol. The lowest BCUT2D eigenvalue weighted by Gasteiger charge is -2.21. The molecule has 1 atom stereocenters. The van der Waals surface area contributed by atoms with Crippen molar-refractivity contribution in [1.82, 2.24) is 9.55 Å². The van der Waals surface area contributed by atoms with Gasteiger partial charge < -0.3 is 9.30 Å². The number of hydrogen-bond donors (Lipinski definition) is 0. The fourth-order valence-electron chi connectivity index (χ4n) is 2.68. The molecule has 0 fully saturated rings. The van der Waals surface area contributed by atoms with Crippen molar-refractivity contribution in [2.45, 2.75) is 39.1 Å². The second-order valence-corrected chi connectivity index (χ2v) is 5.74. The van der Waals surface area contributed by atoms with Crippen LogP contribution in [-0.4, -0.2) is 9.55 Å². The highest BCUT2D eigenvalue weighted by Gasteiger charge is 2.30. The quantitative estimate of drug-likeness (QED) is 0.854. The molecular weight excluding hydrogens is 293 g/mol. The number of hydrogen-bond acceptors (Lipinski definition) is 2. The molecule has 0 radical (unpaired) electrons. The zero-order valence-electron chi connectivity index (χ0n) is 12.2. The van der Waals surface area contributed by atoms with Gasteiger partial charge in [0.05, 0.1) is 17.6 Å². The number of nitrogens with zero attached hydrogens (tertiary/aromatic N) is 2. The van der Waals surface area contributed by atoms with Crippen molar-refractivity contribution in [3.63, 3.8) is 0 Å². The van der Waals surface area contributed by atoms with Gasteiger partial charge in [0.2, 0.25) is 0 Å². The summed E-state index contributed by atoms with van der Waals surface area (Å²) in [6, 6.07) is 4.74. The number of imidazole rings is 1. The first kappa shape index (κ1) is 14.9. The highest BCUT2D eigenvalue weighted by Crippen LogP contribution is 2.30. The van der Waals surface area contributed by atoms with E-state index in [2.05, 4.69) is 16.5 Å². The molecule has 0 bridgehead atoms. The van der Waals surface area contributed by atoms with E-state index in [0.29, 0.717) is 11.7 Å². The Balaban J connectivity index is 1.67. The number of rotatable bonds is 3. The van der Waals surface area contributed by atoms with E-state index in [0.717, 1.165) is 37.2 Å². The largest absolute Gasteiger partial charge is 0.487 e. The number of aryl methyl sites for hydroxylation is 1. The fraction of sp³-hybridized carbons (Fsp3) is 0.438. The molecule has 22 heavy (non-hydrogen) atoms. The van der Waals surface area contributed by atoms with Crippen LogP contribution in [0.1, 0.15) is 30.3 Å². The van der Waals surface area contributed by atoms with E-state index < -0.39 is 11.7 Å². The van der Waals surface area contributed by atoms with Crippen molar-refractivity contribution in [3.05, 3.63) is 47.5 Å². The molecule has 0 saturated heterocycles. The van der Waals surface area contributed by atoms with E-state index in [4.69, 9.17) is 4.74 Å². The van der Waals surface area contributed by atoms with Crippen LogP contribution in [0.15, 0.2) is 30.6 Å². The average Bonchev–Trinajstić information content (AvgIpc) is 2.87. The van der Waals surface area contributed by atoms with E-state index in [1.165, 1.54) is 17.8 Å². The van der Waals surface area contributed by atoms with Crippen molar-refractivity contribution in [3.8, 4) is 5.75 Å². The molecule has 1 aliphatic rings. The van der Waals surface area contributed by atoms with Crippen LogP contribution in [-0.2, 0) is 25.7 Å². The van der Waals surface area contributed by atoms with Gasteiger partial charge in [-0.1, -0.05) is 6.92 Å². The number of alkyl halides is 3. The number of fused-ring (bicyclic) bond motifs is 1. The topological polar surface area (TPSA) is 27.1 Å². The summed E-state index contributed by atoms with van der Waals surface area (Å²) >= 11 is 0. The molecule has 1 aromatic heterocycles. The third-order valence-corrected chi connectivity index (χ3v) is 3.99. The number of benzene rings is 1. The molecule has 0 aliphatic carbocycles. The number of aromatic nitrogens is 2. The molecule has 0 N–H and O–H groups in total. The third-order valence-electron chi connectivity index (χ3n) is 3.99. The maximum atomic E-state index is 12.5. The molecule has 3 rings (SSSR count). The summed E-state index contributed by atoms with van der Waals surface area (Å²) < 4.78 is 45.2. The molecule has 1 aliphatic heterocycles. The molecule has 6 heteroatoms. The number of halogens is 3. The van der Waals surface area contributed by atoms with Gasteiger partial charge in [-0.2, -0.15) is 13.2 Å².